The molecule has 1 aromatic carbocycles. The molecule has 3 rings (SSSR count). The molecule has 8 heteroatoms. The molecule has 0 unspecified atom stereocenters. The second-order valence-corrected chi connectivity index (χ2v) is 6.27. The van der Waals surface area contributed by atoms with E-state index in [0.29, 0.717) is 17.9 Å². The molecule has 2 aromatic rings. The number of rotatable bonds is 5. The number of carbonyl (C=O) groups excluding carboxylic acids is 3. The number of H-pyrrole nitrogens is 1. The monoisotopic (exact) mass is 354 g/mol. The minimum atomic E-state index is -1.11. The number of nitrogens with one attached hydrogen (secondary N) is 3. The van der Waals surface area contributed by atoms with Gasteiger partial charge in [-0.15, -0.1) is 0 Å². The Morgan fingerprint density at radius 3 is 2.50 bits per heavy atom. The highest BCUT2D eigenvalue weighted by Gasteiger charge is 2.48. The van der Waals surface area contributed by atoms with Gasteiger partial charge in [0.1, 0.15) is 5.54 Å². The number of benzene rings is 1. The van der Waals surface area contributed by atoms with E-state index in [2.05, 4.69) is 15.7 Å². The number of aromatic amines is 1. The molecular weight excluding hydrogens is 336 g/mol. The highest BCUT2D eigenvalue weighted by Crippen LogP contribution is 2.22. The molecule has 0 bridgehead atoms. The summed E-state index contributed by atoms with van der Waals surface area (Å²) in [5, 5.41) is 3.31. The first kappa shape index (κ1) is 17.4. The maximum Gasteiger partial charge on any atom is 0.344 e. The lowest BCUT2D eigenvalue weighted by molar-refractivity contribution is -0.132. The van der Waals surface area contributed by atoms with Gasteiger partial charge >= 0.3 is 6.03 Å². The quantitative estimate of drug-likeness (QED) is 0.695. The molecule has 3 N–H and O–H groups in total. The first-order valence-corrected chi connectivity index (χ1v) is 8.09. The van der Waals surface area contributed by atoms with Crippen LogP contribution in [0, 0.1) is 0 Å². The van der Waals surface area contributed by atoms with Crippen LogP contribution in [0.4, 0.5) is 4.79 Å². The van der Waals surface area contributed by atoms with Crippen molar-refractivity contribution in [3.05, 3.63) is 70.1 Å². The molecular formula is C18H18N4O4. The van der Waals surface area contributed by atoms with Gasteiger partial charge in [0.05, 0.1) is 5.56 Å². The molecule has 26 heavy (non-hydrogen) atoms. The van der Waals surface area contributed by atoms with Crippen molar-refractivity contribution in [3.63, 3.8) is 0 Å². The van der Waals surface area contributed by atoms with Gasteiger partial charge in [-0.1, -0.05) is 30.3 Å². The maximum absolute atomic E-state index is 12.6. The second kappa shape index (κ2) is 6.83. The van der Waals surface area contributed by atoms with Crippen molar-refractivity contribution in [2.24, 2.45) is 0 Å². The van der Waals surface area contributed by atoms with E-state index in [1.165, 1.54) is 18.3 Å². The Morgan fingerprint density at radius 2 is 1.85 bits per heavy atom. The fraction of sp³-hybridized carbons (Fsp3) is 0.222. The number of hydrogen-bond acceptors (Lipinski definition) is 4. The van der Waals surface area contributed by atoms with E-state index >= 15 is 0 Å². The Balaban J connectivity index is 1.68. The van der Waals surface area contributed by atoms with Crippen molar-refractivity contribution in [1.82, 2.24) is 20.7 Å². The van der Waals surface area contributed by atoms with Crippen LogP contribution in [0.25, 0.3) is 0 Å². The molecule has 1 aliphatic heterocycles. The van der Waals surface area contributed by atoms with Crippen molar-refractivity contribution in [3.8, 4) is 0 Å². The Labute approximate surface area is 149 Å². The van der Waals surface area contributed by atoms with Crippen LogP contribution in [0.3, 0.4) is 0 Å². The van der Waals surface area contributed by atoms with E-state index in [-0.39, 0.29) is 11.1 Å². The van der Waals surface area contributed by atoms with Crippen LogP contribution in [0.1, 0.15) is 29.3 Å². The highest BCUT2D eigenvalue weighted by molar-refractivity contribution is 6.09. The zero-order valence-electron chi connectivity index (χ0n) is 14.1. The molecule has 0 radical (unpaired) electrons. The van der Waals surface area contributed by atoms with Gasteiger partial charge in [0, 0.05) is 12.3 Å². The number of aromatic nitrogens is 1. The summed E-state index contributed by atoms with van der Waals surface area (Å²) < 4.78 is 0. The van der Waals surface area contributed by atoms with E-state index in [9.17, 15) is 19.2 Å². The number of urea groups is 1. The Kier molecular flexibility index (Phi) is 4.57. The SMILES string of the molecule is C[C@]1(CCc2ccccc2)NC(=O)N(NC(=O)c2ccc(=O)[nH]c2)C1=O. The third-order valence-corrected chi connectivity index (χ3v) is 4.28. The number of aryl methyl sites for hydroxylation is 1. The van der Waals surface area contributed by atoms with E-state index in [1.807, 2.05) is 30.3 Å². The third kappa shape index (κ3) is 3.49. The lowest BCUT2D eigenvalue weighted by atomic mass is 9.93. The molecule has 8 nitrogen and oxygen atoms in total. The van der Waals surface area contributed by atoms with Crippen LogP contribution < -0.4 is 16.3 Å². The molecule has 4 amide bonds. The van der Waals surface area contributed by atoms with Crippen LogP contribution >= 0.6 is 0 Å². The minimum absolute atomic E-state index is 0.128. The number of pyridine rings is 1. The smallest absolute Gasteiger partial charge is 0.328 e. The summed E-state index contributed by atoms with van der Waals surface area (Å²) in [6.45, 7) is 1.63. The first-order valence-electron chi connectivity index (χ1n) is 8.09. The minimum Gasteiger partial charge on any atom is -0.328 e. The summed E-state index contributed by atoms with van der Waals surface area (Å²) in [5.74, 6) is -1.20. The Morgan fingerprint density at radius 1 is 1.12 bits per heavy atom. The zero-order chi connectivity index (χ0) is 18.7. The predicted octanol–water partition coefficient (Wildman–Crippen LogP) is 0.963. The normalized spacial score (nSPS) is 19.3. The third-order valence-electron chi connectivity index (χ3n) is 4.28. The average molecular weight is 354 g/mol. The lowest BCUT2D eigenvalue weighted by Gasteiger charge is -2.21. The second-order valence-electron chi connectivity index (χ2n) is 6.27. The maximum atomic E-state index is 12.6. The van der Waals surface area contributed by atoms with E-state index < -0.39 is 23.4 Å². The van der Waals surface area contributed by atoms with Gasteiger partial charge in [-0.05, 0) is 31.4 Å². The van der Waals surface area contributed by atoms with Crippen molar-refractivity contribution in [1.29, 1.82) is 0 Å². The number of nitrogens with zero attached hydrogens (tertiary/aromatic N) is 1. The summed E-state index contributed by atoms with van der Waals surface area (Å²) >= 11 is 0. The molecule has 1 fully saturated rings. The van der Waals surface area contributed by atoms with Crippen molar-refractivity contribution in [2.75, 3.05) is 0 Å². The number of carbonyl (C=O) groups is 3. The summed E-state index contributed by atoms with van der Waals surface area (Å²) in [7, 11) is 0. The van der Waals surface area contributed by atoms with Gasteiger partial charge in [0.15, 0.2) is 0 Å². The van der Waals surface area contributed by atoms with Crippen molar-refractivity contribution < 1.29 is 14.4 Å². The van der Waals surface area contributed by atoms with Gasteiger partial charge < -0.3 is 10.3 Å². The van der Waals surface area contributed by atoms with E-state index in [1.54, 1.807) is 6.92 Å². The molecule has 134 valence electrons. The summed E-state index contributed by atoms with van der Waals surface area (Å²) in [6, 6.07) is 11.4. The van der Waals surface area contributed by atoms with Crippen molar-refractivity contribution >= 4 is 17.8 Å². The topological polar surface area (TPSA) is 111 Å². The zero-order valence-corrected chi connectivity index (χ0v) is 14.1. The fourth-order valence-corrected chi connectivity index (χ4v) is 2.71. The molecule has 1 aliphatic rings. The Bertz CT molecular complexity index is 888. The number of hydrogen-bond donors (Lipinski definition) is 3. The van der Waals surface area contributed by atoms with Crippen LogP contribution in [0.2, 0.25) is 0 Å². The number of hydrazine groups is 1. The van der Waals surface area contributed by atoms with E-state index in [0.717, 1.165) is 5.56 Å². The summed E-state index contributed by atoms with van der Waals surface area (Å²) in [5.41, 5.74) is 1.99. The van der Waals surface area contributed by atoms with Gasteiger partial charge in [0.25, 0.3) is 11.8 Å². The lowest BCUT2D eigenvalue weighted by Crippen LogP contribution is -2.49. The molecule has 0 aliphatic carbocycles. The molecule has 1 aromatic heterocycles. The number of imide groups is 1. The molecule has 1 atom stereocenters. The summed E-state index contributed by atoms with van der Waals surface area (Å²) in [6.07, 6.45) is 2.21. The van der Waals surface area contributed by atoms with Gasteiger partial charge in [-0.3, -0.25) is 19.8 Å². The molecule has 2 heterocycles. The first-order chi connectivity index (χ1) is 12.4. The van der Waals surface area contributed by atoms with Crippen LogP contribution in [-0.4, -0.2) is 33.4 Å². The average Bonchev–Trinajstić information content (AvgIpc) is 2.85. The van der Waals surface area contributed by atoms with Gasteiger partial charge in [0.2, 0.25) is 5.56 Å². The fourth-order valence-electron chi connectivity index (χ4n) is 2.71. The van der Waals surface area contributed by atoms with Crippen LogP contribution in [-0.2, 0) is 11.2 Å². The molecule has 0 spiro atoms. The Hall–Kier alpha value is -3.42. The summed E-state index contributed by atoms with van der Waals surface area (Å²) in [4.78, 5) is 50.4. The van der Waals surface area contributed by atoms with Crippen LogP contribution in [0.15, 0.2) is 53.5 Å². The highest BCUT2D eigenvalue weighted by atomic mass is 16.2. The predicted molar refractivity (Wildman–Crippen MR) is 93.1 cm³/mol. The number of amides is 4. The standard InChI is InChI=1S/C18H18N4O4/c1-18(10-9-12-5-3-2-4-6-12)16(25)22(17(26)20-18)21-15(24)13-7-8-14(23)19-11-13/h2-8,11H,9-10H2,1H3,(H,19,23)(H,20,26)(H,21,24)/t18-/m1/s1. The van der Waals surface area contributed by atoms with Crippen LogP contribution in [0.5, 0.6) is 0 Å². The van der Waals surface area contributed by atoms with Gasteiger partial charge in [-0.2, -0.15) is 5.01 Å². The molecule has 1 saturated heterocycles. The van der Waals surface area contributed by atoms with E-state index in [4.69, 9.17) is 0 Å². The molecule has 0 saturated carbocycles. The van der Waals surface area contributed by atoms with Gasteiger partial charge in [-0.25, -0.2) is 4.79 Å². The van der Waals surface area contributed by atoms with Crippen molar-refractivity contribution in [2.45, 2.75) is 25.3 Å². The largest absolute Gasteiger partial charge is 0.344 e.